The molecule has 3 amide bonds. The molecular weight excluding hydrogens is 496 g/mol. The maximum Gasteiger partial charge on any atom is 0.271 e. The standard InChI is InChI=1S/C30H26N4O3S/c31-30(24-19-11-4-12-20-24,28(37)33-29(38)32-26(35)23-17-9-3-10-18-23)34-27(36)25(21-13-5-1-6-14-21)22-15-7-2-8-16-22/h1-20,25H,31H2,(H,34,36)(H2,32,33,35,37,38). The van der Waals surface area contributed by atoms with Crippen LogP contribution in [-0.4, -0.2) is 22.8 Å². The molecule has 0 radical (unpaired) electrons. The Bertz CT molecular complexity index is 1380. The second kappa shape index (κ2) is 12.1. The van der Waals surface area contributed by atoms with Gasteiger partial charge in [-0.2, -0.15) is 0 Å². The van der Waals surface area contributed by atoms with Crippen LogP contribution in [0.15, 0.2) is 121 Å². The second-order valence-electron chi connectivity index (χ2n) is 8.52. The number of nitrogens with one attached hydrogen (secondary N) is 3. The maximum absolute atomic E-state index is 13.8. The molecule has 8 heteroatoms. The number of hydrogen-bond acceptors (Lipinski definition) is 5. The number of benzene rings is 4. The van der Waals surface area contributed by atoms with Gasteiger partial charge in [-0.1, -0.05) is 109 Å². The fraction of sp³-hybridized carbons (Fsp3) is 0.0667. The number of carbonyl (C=O) groups is 3. The van der Waals surface area contributed by atoms with E-state index in [1.54, 1.807) is 60.7 Å². The van der Waals surface area contributed by atoms with Crippen molar-refractivity contribution in [3.05, 3.63) is 144 Å². The first kappa shape index (κ1) is 26.4. The van der Waals surface area contributed by atoms with Crippen LogP contribution in [0, 0.1) is 0 Å². The summed E-state index contributed by atoms with van der Waals surface area (Å²) in [6.45, 7) is 0. The van der Waals surface area contributed by atoms with E-state index in [0.717, 1.165) is 11.1 Å². The van der Waals surface area contributed by atoms with E-state index in [1.165, 1.54) is 0 Å². The van der Waals surface area contributed by atoms with E-state index in [0.29, 0.717) is 11.1 Å². The number of hydrogen-bond donors (Lipinski definition) is 4. The van der Waals surface area contributed by atoms with Crippen LogP contribution in [0.2, 0.25) is 0 Å². The van der Waals surface area contributed by atoms with E-state index in [2.05, 4.69) is 16.0 Å². The summed E-state index contributed by atoms with van der Waals surface area (Å²) in [4.78, 5) is 39.8. The van der Waals surface area contributed by atoms with E-state index >= 15 is 0 Å². The Morgan fingerprint density at radius 2 is 1.11 bits per heavy atom. The van der Waals surface area contributed by atoms with Crippen LogP contribution >= 0.6 is 12.2 Å². The molecule has 0 aromatic heterocycles. The summed E-state index contributed by atoms with van der Waals surface area (Å²) < 4.78 is 0. The van der Waals surface area contributed by atoms with Crippen molar-refractivity contribution in [2.75, 3.05) is 0 Å². The SMILES string of the molecule is NC(NC(=O)C(c1ccccc1)c1ccccc1)(C(=O)NC(=S)NC(=O)c1ccccc1)c1ccccc1. The summed E-state index contributed by atoms with van der Waals surface area (Å²) in [5.74, 6) is -2.52. The third kappa shape index (κ3) is 6.18. The quantitative estimate of drug-likeness (QED) is 0.219. The van der Waals surface area contributed by atoms with Crippen molar-refractivity contribution in [1.82, 2.24) is 16.0 Å². The minimum Gasteiger partial charge on any atom is -0.326 e. The normalized spacial score (nSPS) is 12.2. The Morgan fingerprint density at radius 1 is 0.658 bits per heavy atom. The topological polar surface area (TPSA) is 113 Å². The van der Waals surface area contributed by atoms with Crippen LogP contribution in [-0.2, 0) is 15.3 Å². The lowest BCUT2D eigenvalue weighted by molar-refractivity contribution is -0.133. The maximum atomic E-state index is 13.8. The van der Waals surface area contributed by atoms with Crippen molar-refractivity contribution in [2.24, 2.45) is 5.73 Å². The van der Waals surface area contributed by atoms with Gasteiger partial charge in [-0.15, -0.1) is 0 Å². The third-order valence-corrected chi connectivity index (χ3v) is 6.13. The molecule has 0 aliphatic carbocycles. The zero-order valence-corrected chi connectivity index (χ0v) is 21.2. The van der Waals surface area contributed by atoms with Crippen LogP contribution < -0.4 is 21.7 Å². The lowest BCUT2D eigenvalue weighted by Crippen LogP contribution is -2.64. The summed E-state index contributed by atoms with van der Waals surface area (Å²) in [6, 6.07) is 35.3. The van der Waals surface area contributed by atoms with Gasteiger partial charge in [-0.25, -0.2) is 0 Å². The number of thiocarbonyl (C=S) groups is 1. The van der Waals surface area contributed by atoms with Crippen molar-refractivity contribution in [3.8, 4) is 0 Å². The molecule has 0 aliphatic rings. The largest absolute Gasteiger partial charge is 0.326 e. The molecule has 38 heavy (non-hydrogen) atoms. The monoisotopic (exact) mass is 522 g/mol. The zero-order valence-electron chi connectivity index (χ0n) is 20.3. The molecule has 4 aromatic rings. The van der Waals surface area contributed by atoms with E-state index in [4.69, 9.17) is 18.0 Å². The highest BCUT2D eigenvalue weighted by atomic mass is 32.1. The molecule has 0 spiro atoms. The highest BCUT2D eigenvalue weighted by molar-refractivity contribution is 7.80. The van der Waals surface area contributed by atoms with Crippen LogP contribution in [0.1, 0.15) is 33.0 Å². The van der Waals surface area contributed by atoms with Gasteiger partial charge in [-0.05, 0) is 35.5 Å². The first-order chi connectivity index (χ1) is 18.4. The molecule has 0 bridgehead atoms. The molecule has 7 nitrogen and oxygen atoms in total. The number of carbonyl (C=O) groups excluding carboxylic acids is 3. The summed E-state index contributed by atoms with van der Waals surface area (Å²) in [5.41, 5.74) is 6.81. The lowest BCUT2D eigenvalue weighted by atomic mass is 9.89. The molecule has 0 aliphatic heterocycles. The van der Waals surface area contributed by atoms with Gasteiger partial charge in [-0.3, -0.25) is 30.8 Å². The molecule has 5 N–H and O–H groups in total. The van der Waals surface area contributed by atoms with Crippen LogP contribution in [0.25, 0.3) is 0 Å². The van der Waals surface area contributed by atoms with Crippen molar-refractivity contribution in [3.63, 3.8) is 0 Å². The Hall–Kier alpha value is -4.66. The first-order valence-corrected chi connectivity index (χ1v) is 12.3. The fourth-order valence-electron chi connectivity index (χ4n) is 4.01. The molecule has 190 valence electrons. The summed E-state index contributed by atoms with van der Waals surface area (Å²) in [6.07, 6.45) is 0. The summed E-state index contributed by atoms with van der Waals surface area (Å²) in [7, 11) is 0. The fourth-order valence-corrected chi connectivity index (χ4v) is 4.20. The zero-order chi connectivity index (χ0) is 27.0. The number of rotatable bonds is 7. The minimum absolute atomic E-state index is 0.244. The van der Waals surface area contributed by atoms with Gasteiger partial charge in [0.25, 0.3) is 11.8 Å². The van der Waals surface area contributed by atoms with E-state index in [1.807, 2.05) is 60.7 Å². The third-order valence-electron chi connectivity index (χ3n) is 5.93. The summed E-state index contributed by atoms with van der Waals surface area (Å²) in [5, 5.41) is 7.44. The molecule has 0 saturated heterocycles. The second-order valence-corrected chi connectivity index (χ2v) is 8.93. The predicted octanol–water partition coefficient (Wildman–Crippen LogP) is 3.58. The Balaban J connectivity index is 1.61. The highest BCUT2D eigenvalue weighted by Crippen LogP contribution is 2.27. The van der Waals surface area contributed by atoms with Gasteiger partial charge < -0.3 is 5.32 Å². The molecule has 4 rings (SSSR count). The highest BCUT2D eigenvalue weighted by Gasteiger charge is 2.40. The van der Waals surface area contributed by atoms with E-state index in [-0.39, 0.29) is 5.11 Å². The smallest absolute Gasteiger partial charge is 0.271 e. The van der Waals surface area contributed by atoms with Gasteiger partial charge >= 0.3 is 0 Å². The van der Waals surface area contributed by atoms with Crippen LogP contribution in [0.5, 0.6) is 0 Å². The number of nitrogens with two attached hydrogens (primary N) is 1. The van der Waals surface area contributed by atoms with E-state index in [9.17, 15) is 14.4 Å². The minimum atomic E-state index is -2.00. The van der Waals surface area contributed by atoms with Gasteiger partial charge in [0.05, 0.1) is 5.92 Å². The van der Waals surface area contributed by atoms with Crippen LogP contribution in [0.3, 0.4) is 0 Å². The Labute approximate surface area is 226 Å². The van der Waals surface area contributed by atoms with Crippen molar-refractivity contribution in [2.45, 2.75) is 11.6 Å². The molecule has 0 saturated carbocycles. The first-order valence-electron chi connectivity index (χ1n) is 11.9. The van der Waals surface area contributed by atoms with Gasteiger partial charge in [0, 0.05) is 11.1 Å². The van der Waals surface area contributed by atoms with Crippen molar-refractivity contribution in [1.29, 1.82) is 0 Å². The van der Waals surface area contributed by atoms with E-state index < -0.39 is 29.3 Å². The molecule has 0 fully saturated rings. The molecule has 1 unspecified atom stereocenters. The Morgan fingerprint density at radius 3 is 1.61 bits per heavy atom. The molecule has 4 aromatic carbocycles. The van der Waals surface area contributed by atoms with Gasteiger partial charge in [0.15, 0.2) is 10.8 Å². The number of amides is 3. The average molecular weight is 523 g/mol. The lowest BCUT2D eigenvalue weighted by Gasteiger charge is -2.32. The average Bonchev–Trinajstić information content (AvgIpc) is 2.95. The molecule has 0 heterocycles. The van der Waals surface area contributed by atoms with Gasteiger partial charge in [0.2, 0.25) is 5.91 Å². The van der Waals surface area contributed by atoms with Crippen LogP contribution in [0.4, 0.5) is 0 Å². The Kier molecular flexibility index (Phi) is 8.37. The molecular formula is C30H26N4O3S. The summed E-state index contributed by atoms with van der Waals surface area (Å²) >= 11 is 5.21. The van der Waals surface area contributed by atoms with Crippen molar-refractivity contribution >= 4 is 35.1 Å². The molecule has 1 atom stereocenters. The van der Waals surface area contributed by atoms with Gasteiger partial charge in [0.1, 0.15) is 0 Å². The van der Waals surface area contributed by atoms with Crippen molar-refractivity contribution < 1.29 is 14.4 Å². The predicted molar refractivity (Wildman–Crippen MR) is 150 cm³/mol.